The van der Waals surface area contributed by atoms with Crippen molar-refractivity contribution in [1.29, 1.82) is 0 Å². The highest BCUT2D eigenvalue weighted by atomic mass is 16.5. The molecule has 1 aromatic rings. The lowest BCUT2D eigenvalue weighted by molar-refractivity contribution is 0.0271. The first-order valence-electron chi connectivity index (χ1n) is 7.76. The molecule has 0 aliphatic heterocycles. The summed E-state index contributed by atoms with van der Waals surface area (Å²) in [6.45, 7) is 4.15. The van der Waals surface area contributed by atoms with Crippen molar-refractivity contribution in [2.45, 2.75) is 57.6 Å². The molecule has 2 nitrogen and oxygen atoms in total. The van der Waals surface area contributed by atoms with Crippen LogP contribution in [0.1, 0.15) is 57.1 Å². The summed E-state index contributed by atoms with van der Waals surface area (Å²) >= 11 is 0. The Hall–Kier alpha value is -0.860. The summed E-state index contributed by atoms with van der Waals surface area (Å²) in [7, 11) is 0. The minimum atomic E-state index is 0.427. The Balaban J connectivity index is 1.54. The van der Waals surface area contributed by atoms with Gasteiger partial charge in [-0.05, 0) is 38.3 Å². The molecule has 1 atom stereocenters. The molecule has 0 bridgehead atoms. The second-order valence-corrected chi connectivity index (χ2v) is 5.57. The Morgan fingerprint density at radius 3 is 2.63 bits per heavy atom. The van der Waals surface area contributed by atoms with Gasteiger partial charge in [-0.1, -0.05) is 49.6 Å². The standard InChI is InChI=1S/C17H27NO/c1-15(16-9-4-2-5-10-16)18-13-8-14-19-17-11-6-3-7-12-17/h2,4-5,9-10,15,17-18H,3,6-8,11-14H2,1H3. The van der Waals surface area contributed by atoms with Gasteiger partial charge < -0.3 is 10.1 Å². The molecule has 0 spiro atoms. The van der Waals surface area contributed by atoms with Crippen molar-refractivity contribution in [2.75, 3.05) is 13.2 Å². The molecule has 0 heterocycles. The maximum absolute atomic E-state index is 5.93. The molecule has 2 heteroatoms. The highest BCUT2D eigenvalue weighted by Gasteiger charge is 2.13. The van der Waals surface area contributed by atoms with E-state index >= 15 is 0 Å². The van der Waals surface area contributed by atoms with E-state index in [-0.39, 0.29) is 0 Å². The van der Waals surface area contributed by atoms with Crippen LogP contribution in [-0.4, -0.2) is 19.3 Å². The van der Waals surface area contributed by atoms with Gasteiger partial charge in [-0.25, -0.2) is 0 Å². The van der Waals surface area contributed by atoms with E-state index in [1.165, 1.54) is 37.7 Å². The van der Waals surface area contributed by atoms with Crippen LogP contribution >= 0.6 is 0 Å². The number of hydrogen-bond acceptors (Lipinski definition) is 2. The van der Waals surface area contributed by atoms with Crippen LogP contribution < -0.4 is 5.32 Å². The number of hydrogen-bond donors (Lipinski definition) is 1. The number of benzene rings is 1. The van der Waals surface area contributed by atoms with E-state index in [1.54, 1.807) is 0 Å². The first-order chi connectivity index (χ1) is 9.36. The minimum Gasteiger partial charge on any atom is -0.378 e. The molecule has 19 heavy (non-hydrogen) atoms. The van der Waals surface area contributed by atoms with Crippen LogP contribution in [0.4, 0.5) is 0 Å². The lowest BCUT2D eigenvalue weighted by Gasteiger charge is -2.22. The molecule has 0 saturated heterocycles. The Kier molecular flexibility index (Phi) is 6.38. The Morgan fingerprint density at radius 2 is 1.89 bits per heavy atom. The zero-order chi connectivity index (χ0) is 13.3. The fraction of sp³-hybridized carbons (Fsp3) is 0.647. The Labute approximate surface area is 117 Å². The highest BCUT2D eigenvalue weighted by Crippen LogP contribution is 2.20. The fourth-order valence-corrected chi connectivity index (χ4v) is 2.73. The van der Waals surface area contributed by atoms with Crippen LogP contribution in [0.15, 0.2) is 30.3 Å². The fourth-order valence-electron chi connectivity index (χ4n) is 2.73. The van der Waals surface area contributed by atoms with Gasteiger partial charge in [-0.15, -0.1) is 0 Å². The normalized spacial score (nSPS) is 18.4. The third-order valence-corrected chi connectivity index (χ3v) is 3.98. The molecule has 1 N–H and O–H groups in total. The summed E-state index contributed by atoms with van der Waals surface area (Å²) in [4.78, 5) is 0. The van der Waals surface area contributed by atoms with E-state index < -0.39 is 0 Å². The maximum Gasteiger partial charge on any atom is 0.0575 e. The topological polar surface area (TPSA) is 21.3 Å². The third kappa shape index (κ3) is 5.33. The van der Waals surface area contributed by atoms with E-state index in [1.807, 2.05) is 0 Å². The van der Waals surface area contributed by atoms with Crippen molar-refractivity contribution in [1.82, 2.24) is 5.32 Å². The second kappa shape index (κ2) is 8.34. The molecule has 1 aliphatic carbocycles. The zero-order valence-electron chi connectivity index (χ0n) is 12.1. The molecule has 1 fully saturated rings. The van der Waals surface area contributed by atoms with Gasteiger partial charge >= 0.3 is 0 Å². The average Bonchev–Trinajstić information content (AvgIpc) is 2.49. The van der Waals surface area contributed by atoms with Crippen molar-refractivity contribution < 1.29 is 4.74 Å². The van der Waals surface area contributed by atoms with Crippen molar-refractivity contribution in [3.05, 3.63) is 35.9 Å². The molecule has 1 unspecified atom stereocenters. The van der Waals surface area contributed by atoms with Gasteiger partial charge in [0, 0.05) is 12.6 Å². The van der Waals surface area contributed by atoms with E-state index in [0.717, 1.165) is 19.6 Å². The smallest absolute Gasteiger partial charge is 0.0575 e. The monoisotopic (exact) mass is 261 g/mol. The molecule has 1 aromatic carbocycles. The third-order valence-electron chi connectivity index (χ3n) is 3.98. The SMILES string of the molecule is CC(NCCCOC1CCCCC1)c1ccccc1. The number of ether oxygens (including phenoxy) is 1. The summed E-state index contributed by atoms with van der Waals surface area (Å²) in [6.07, 6.45) is 8.30. The molecule has 0 aromatic heterocycles. The number of rotatable bonds is 7. The van der Waals surface area contributed by atoms with Gasteiger partial charge in [-0.3, -0.25) is 0 Å². The predicted molar refractivity (Wildman–Crippen MR) is 80.3 cm³/mol. The van der Waals surface area contributed by atoms with Crippen molar-refractivity contribution in [3.63, 3.8) is 0 Å². The molecular weight excluding hydrogens is 234 g/mol. The average molecular weight is 261 g/mol. The van der Waals surface area contributed by atoms with Crippen LogP contribution in [-0.2, 0) is 4.74 Å². The molecule has 106 valence electrons. The van der Waals surface area contributed by atoms with Crippen molar-refractivity contribution >= 4 is 0 Å². The van der Waals surface area contributed by atoms with Crippen LogP contribution in [0.5, 0.6) is 0 Å². The summed E-state index contributed by atoms with van der Waals surface area (Å²) in [5, 5.41) is 3.56. The van der Waals surface area contributed by atoms with Crippen molar-refractivity contribution in [3.8, 4) is 0 Å². The lowest BCUT2D eigenvalue weighted by Crippen LogP contribution is -2.23. The van der Waals surface area contributed by atoms with Gasteiger partial charge in [0.1, 0.15) is 0 Å². The van der Waals surface area contributed by atoms with E-state index in [9.17, 15) is 0 Å². The Bertz CT molecular complexity index is 332. The largest absolute Gasteiger partial charge is 0.378 e. The van der Waals surface area contributed by atoms with Gasteiger partial charge in [-0.2, -0.15) is 0 Å². The lowest BCUT2D eigenvalue weighted by atomic mass is 9.98. The molecular formula is C17H27NO. The van der Waals surface area contributed by atoms with Gasteiger partial charge in [0.25, 0.3) is 0 Å². The maximum atomic E-state index is 5.93. The zero-order valence-corrected chi connectivity index (χ0v) is 12.1. The molecule has 1 saturated carbocycles. The van der Waals surface area contributed by atoms with Gasteiger partial charge in [0.05, 0.1) is 6.10 Å². The Morgan fingerprint density at radius 1 is 1.16 bits per heavy atom. The molecule has 0 amide bonds. The highest BCUT2D eigenvalue weighted by molar-refractivity contribution is 5.17. The second-order valence-electron chi connectivity index (χ2n) is 5.57. The van der Waals surface area contributed by atoms with E-state index in [4.69, 9.17) is 4.74 Å². The van der Waals surface area contributed by atoms with Crippen LogP contribution in [0.2, 0.25) is 0 Å². The van der Waals surface area contributed by atoms with Crippen LogP contribution in [0, 0.1) is 0 Å². The van der Waals surface area contributed by atoms with Gasteiger partial charge in [0.2, 0.25) is 0 Å². The van der Waals surface area contributed by atoms with Crippen LogP contribution in [0.3, 0.4) is 0 Å². The predicted octanol–water partition coefficient (Wildman–Crippen LogP) is 4.08. The van der Waals surface area contributed by atoms with E-state index in [0.29, 0.717) is 12.1 Å². The van der Waals surface area contributed by atoms with Gasteiger partial charge in [0.15, 0.2) is 0 Å². The summed E-state index contributed by atoms with van der Waals surface area (Å²) < 4.78 is 5.93. The minimum absolute atomic E-state index is 0.427. The summed E-state index contributed by atoms with van der Waals surface area (Å²) in [6, 6.07) is 11.0. The summed E-state index contributed by atoms with van der Waals surface area (Å²) in [5.41, 5.74) is 1.36. The van der Waals surface area contributed by atoms with E-state index in [2.05, 4.69) is 42.6 Å². The summed E-state index contributed by atoms with van der Waals surface area (Å²) in [5.74, 6) is 0. The quantitative estimate of drug-likeness (QED) is 0.747. The van der Waals surface area contributed by atoms with Crippen LogP contribution in [0.25, 0.3) is 0 Å². The first-order valence-corrected chi connectivity index (χ1v) is 7.76. The number of nitrogens with one attached hydrogen (secondary N) is 1. The molecule has 2 rings (SSSR count). The molecule has 1 aliphatic rings. The van der Waals surface area contributed by atoms with Crippen molar-refractivity contribution in [2.24, 2.45) is 0 Å². The first kappa shape index (κ1) is 14.5. The molecule has 0 radical (unpaired) electrons.